The van der Waals surface area contributed by atoms with E-state index in [1.165, 1.54) is 12.0 Å². The third kappa shape index (κ3) is 8.26. The topological polar surface area (TPSA) is 63.5 Å². The molecule has 0 atom stereocenters. The van der Waals surface area contributed by atoms with Crippen LogP contribution in [0.2, 0.25) is 0 Å². The normalized spacial score (nSPS) is 11.6. The van der Waals surface area contributed by atoms with Crippen molar-refractivity contribution >= 4 is 5.96 Å². The molecule has 0 aliphatic rings. The summed E-state index contributed by atoms with van der Waals surface area (Å²) >= 11 is 0. The van der Waals surface area contributed by atoms with Gasteiger partial charge in [-0.1, -0.05) is 43.7 Å². The van der Waals surface area contributed by atoms with Crippen LogP contribution >= 0.6 is 0 Å². The van der Waals surface area contributed by atoms with E-state index in [0.717, 1.165) is 57.5 Å². The van der Waals surface area contributed by atoms with Crippen LogP contribution in [-0.4, -0.2) is 41.8 Å². The minimum atomic E-state index is 0.544. The average molecular weight is 372 g/mol. The van der Waals surface area contributed by atoms with Gasteiger partial charge in [0.15, 0.2) is 5.96 Å². The number of aromatic nitrogens is 2. The number of benzene rings is 1. The van der Waals surface area contributed by atoms with Crippen molar-refractivity contribution in [2.24, 2.45) is 4.99 Å². The molecule has 0 fully saturated rings. The number of nitrogens with zero attached hydrogens (tertiary/aromatic N) is 3. The first kappa shape index (κ1) is 21.0. The largest absolute Gasteiger partial charge is 0.381 e. The van der Waals surface area contributed by atoms with Crippen molar-refractivity contribution < 1.29 is 4.74 Å². The summed E-state index contributed by atoms with van der Waals surface area (Å²) in [5.41, 5.74) is 1.26. The van der Waals surface area contributed by atoms with Crippen LogP contribution in [0.1, 0.15) is 44.5 Å². The van der Waals surface area contributed by atoms with Gasteiger partial charge in [-0.05, 0) is 25.3 Å². The SMILES string of the molecule is CCCCOCCCNC(=NCc1nccn1Cc1ccccc1)NCC. The number of ether oxygens (including phenoxy) is 1. The van der Waals surface area contributed by atoms with Gasteiger partial charge >= 0.3 is 0 Å². The third-order valence-corrected chi connectivity index (χ3v) is 4.12. The van der Waals surface area contributed by atoms with Gasteiger partial charge in [0.1, 0.15) is 12.4 Å². The van der Waals surface area contributed by atoms with Crippen LogP contribution in [0.15, 0.2) is 47.7 Å². The van der Waals surface area contributed by atoms with Gasteiger partial charge in [0.25, 0.3) is 0 Å². The summed E-state index contributed by atoms with van der Waals surface area (Å²) in [5.74, 6) is 1.78. The maximum Gasteiger partial charge on any atom is 0.191 e. The number of unbranched alkanes of at least 4 members (excludes halogenated alkanes) is 1. The van der Waals surface area contributed by atoms with Crippen LogP contribution in [0.4, 0.5) is 0 Å². The maximum atomic E-state index is 5.59. The van der Waals surface area contributed by atoms with Crippen molar-refractivity contribution in [1.29, 1.82) is 0 Å². The van der Waals surface area contributed by atoms with Crippen molar-refractivity contribution in [2.75, 3.05) is 26.3 Å². The maximum absolute atomic E-state index is 5.59. The van der Waals surface area contributed by atoms with Gasteiger partial charge in [-0.3, -0.25) is 0 Å². The summed E-state index contributed by atoms with van der Waals surface area (Å²) in [6.07, 6.45) is 7.12. The van der Waals surface area contributed by atoms with Gasteiger partial charge in [-0.15, -0.1) is 0 Å². The molecule has 2 N–H and O–H groups in total. The Morgan fingerprint density at radius 2 is 1.93 bits per heavy atom. The Labute approximate surface area is 163 Å². The predicted molar refractivity (Wildman–Crippen MR) is 111 cm³/mol. The Balaban J connectivity index is 1.81. The standard InChI is InChI=1S/C21H33N5O/c1-3-5-15-27-16-9-12-24-21(22-4-2)25-17-20-23-13-14-26(20)18-19-10-7-6-8-11-19/h6-8,10-11,13-14H,3-5,9,12,15-18H2,1-2H3,(H2,22,24,25). The summed E-state index contributed by atoms with van der Waals surface area (Å²) in [7, 11) is 0. The predicted octanol–water partition coefficient (Wildman–Crippen LogP) is 3.19. The van der Waals surface area contributed by atoms with Gasteiger partial charge in [0.05, 0.1) is 0 Å². The Morgan fingerprint density at radius 1 is 1.11 bits per heavy atom. The fourth-order valence-electron chi connectivity index (χ4n) is 2.64. The smallest absolute Gasteiger partial charge is 0.191 e. The number of guanidine groups is 1. The van der Waals surface area contributed by atoms with Gasteiger partial charge < -0.3 is 19.9 Å². The zero-order valence-electron chi connectivity index (χ0n) is 16.7. The van der Waals surface area contributed by atoms with E-state index in [4.69, 9.17) is 4.74 Å². The van der Waals surface area contributed by atoms with E-state index in [9.17, 15) is 0 Å². The van der Waals surface area contributed by atoms with Crippen molar-refractivity contribution in [2.45, 2.75) is 46.2 Å². The molecule has 0 amide bonds. The fraction of sp³-hybridized carbons (Fsp3) is 0.524. The minimum Gasteiger partial charge on any atom is -0.381 e. The fourth-order valence-corrected chi connectivity index (χ4v) is 2.64. The van der Waals surface area contributed by atoms with Crippen LogP contribution in [0.5, 0.6) is 0 Å². The molecule has 0 aliphatic heterocycles. The van der Waals surface area contributed by atoms with Crippen molar-refractivity contribution in [3.63, 3.8) is 0 Å². The van der Waals surface area contributed by atoms with Crippen molar-refractivity contribution in [1.82, 2.24) is 20.2 Å². The molecule has 1 heterocycles. The highest BCUT2D eigenvalue weighted by Gasteiger charge is 2.04. The summed E-state index contributed by atoms with van der Waals surface area (Å²) in [6.45, 7) is 8.92. The number of hydrogen-bond donors (Lipinski definition) is 2. The van der Waals surface area contributed by atoms with Gasteiger partial charge in [0, 0.05) is 45.2 Å². The van der Waals surface area contributed by atoms with Crippen LogP contribution < -0.4 is 10.6 Å². The lowest BCUT2D eigenvalue weighted by Crippen LogP contribution is -2.38. The molecule has 0 unspecified atom stereocenters. The van der Waals surface area contributed by atoms with Crippen molar-refractivity contribution in [3.8, 4) is 0 Å². The molecule has 6 heteroatoms. The quantitative estimate of drug-likeness (QED) is 0.342. The molecule has 148 valence electrons. The van der Waals surface area contributed by atoms with Crippen LogP contribution in [0, 0.1) is 0 Å². The molecule has 0 spiro atoms. The highest BCUT2D eigenvalue weighted by atomic mass is 16.5. The second-order valence-corrected chi connectivity index (χ2v) is 6.40. The minimum absolute atomic E-state index is 0.544. The summed E-state index contributed by atoms with van der Waals surface area (Å²) in [5, 5.41) is 6.65. The van der Waals surface area contributed by atoms with E-state index in [-0.39, 0.29) is 0 Å². The number of aliphatic imine (C=N–C) groups is 1. The van der Waals surface area contributed by atoms with Crippen LogP contribution in [0.3, 0.4) is 0 Å². The molecule has 0 saturated heterocycles. The molecule has 0 bridgehead atoms. The first-order valence-electron chi connectivity index (χ1n) is 9.97. The molecular weight excluding hydrogens is 338 g/mol. The van der Waals surface area contributed by atoms with E-state index in [1.54, 1.807) is 0 Å². The Kier molecular flexibility index (Phi) is 10.0. The Hall–Kier alpha value is -2.34. The highest BCUT2D eigenvalue weighted by molar-refractivity contribution is 5.79. The van der Waals surface area contributed by atoms with Gasteiger partial charge in [-0.2, -0.15) is 0 Å². The van der Waals surface area contributed by atoms with E-state index < -0.39 is 0 Å². The molecule has 27 heavy (non-hydrogen) atoms. The molecule has 1 aromatic carbocycles. The van der Waals surface area contributed by atoms with E-state index >= 15 is 0 Å². The second kappa shape index (κ2) is 12.9. The summed E-state index contributed by atoms with van der Waals surface area (Å²) < 4.78 is 7.74. The van der Waals surface area contributed by atoms with Crippen LogP contribution in [-0.2, 0) is 17.8 Å². The molecule has 2 rings (SSSR count). The molecule has 1 aromatic heterocycles. The molecule has 2 aromatic rings. The lowest BCUT2D eigenvalue weighted by molar-refractivity contribution is 0.129. The number of hydrogen-bond acceptors (Lipinski definition) is 3. The Morgan fingerprint density at radius 3 is 2.70 bits per heavy atom. The molecule has 0 aliphatic carbocycles. The molecule has 0 radical (unpaired) electrons. The lowest BCUT2D eigenvalue weighted by atomic mass is 10.2. The van der Waals surface area contributed by atoms with Crippen molar-refractivity contribution in [3.05, 3.63) is 54.1 Å². The second-order valence-electron chi connectivity index (χ2n) is 6.40. The number of nitrogens with one attached hydrogen (secondary N) is 2. The van der Waals surface area contributed by atoms with E-state index in [0.29, 0.717) is 6.54 Å². The van der Waals surface area contributed by atoms with Crippen LogP contribution in [0.25, 0.3) is 0 Å². The first-order valence-corrected chi connectivity index (χ1v) is 9.97. The molecule has 0 saturated carbocycles. The number of imidazole rings is 1. The highest BCUT2D eigenvalue weighted by Crippen LogP contribution is 2.06. The first-order chi connectivity index (χ1) is 13.3. The van der Waals surface area contributed by atoms with E-state index in [2.05, 4.69) is 63.3 Å². The zero-order chi connectivity index (χ0) is 19.2. The zero-order valence-corrected chi connectivity index (χ0v) is 16.7. The monoisotopic (exact) mass is 371 g/mol. The summed E-state index contributed by atoms with van der Waals surface area (Å²) in [6, 6.07) is 10.4. The summed E-state index contributed by atoms with van der Waals surface area (Å²) in [4.78, 5) is 9.14. The molecule has 6 nitrogen and oxygen atoms in total. The van der Waals surface area contributed by atoms with Gasteiger partial charge in [-0.25, -0.2) is 9.98 Å². The third-order valence-electron chi connectivity index (χ3n) is 4.12. The average Bonchev–Trinajstić information content (AvgIpc) is 3.13. The van der Waals surface area contributed by atoms with E-state index in [1.807, 2.05) is 18.5 Å². The Bertz CT molecular complexity index is 654. The van der Waals surface area contributed by atoms with Gasteiger partial charge in [0.2, 0.25) is 0 Å². The lowest BCUT2D eigenvalue weighted by Gasteiger charge is -2.12. The molecular formula is C21H33N5O. The number of rotatable bonds is 12.